The van der Waals surface area contributed by atoms with Crippen molar-refractivity contribution in [2.75, 3.05) is 31.6 Å². The summed E-state index contributed by atoms with van der Waals surface area (Å²) < 4.78 is 19.3. The van der Waals surface area contributed by atoms with Gasteiger partial charge in [-0.05, 0) is 35.9 Å². The van der Waals surface area contributed by atoms with Crippen molar-refractivity contribution in [3.63, 3.8) is 0 Å². The monoisotopic (exact) mass is 358 g/mol. The highest BCUT2D eigenvalue weighted by Crippen LogP contribution is 2.26. The van der Waals surface area contributed by atoms with Crippen molar-refractivity contribution < 1.29 is 19.0 Å². The molecule has 3 rings (SSSR count). The number of benzene rings is 2. The first-order valence-corrected chi connectivity index (χ1v) is 8.66. The van der Waals surface area contributed by atoms with Crippen molar-refractivity contribution in [3.05, 3.63) is 59.9 Å². The number of hydrogen-bond acceptors (Lipinski definition) is 4. The first-order chi connectivity index (χ1) is 12.5. The largest absolute Gasteiger partial charge is 0.491 e. The second-order valence-electron chi connectivity index (χ2n) is 6.50. The van der Waals surface area contributed by atoms with E-state index in [-0.39, 0.29) is 18.3 Å². The van der Waals surface area contributed by atoms with E-state index in [1.165, 1.54) is 12.1 Å². The molecular formula is C20H23FN2O3. The number of carbonyl (C=O) groups excluding carboxylic acids is 1. The zero-order chi connectivity index (χ0) is 18.5. The van der Waals surface area contributed by atoms with Crippen molar-refractivity contribution in [3.8, 4) is 5.75 Å². The molecule has 1 atom stereocenters. The molecule has 26 heavy (non-hydrogen) atoms. The van der Waals surface area contributed by atoms with E-state index in [4.69, 9.17) is 4.74 Å². The van der Waals surface area contributed by atoms with Gasteiger partial charge in [0, 0.05) is 38.8 Å². The average molecular weight is 358 g/mol. The maximum Gasteiger partial charge on any atom is 0.224 e. The van der Waals surface area contributed by atoms with Crippen LogP contribution in [0.1, 0.15) is 12.0 Å². The van der Waals surface area contributed by atoms with Crippen LogP contribution in [0.4, 0.5) is 10.1 Å². The van der Waals surface area contributed by atoms with Crippen molar-refractivity contribution in [1.82, 2.24) is 4.90 Å². The molecule has 2 aromatic carbocycles. The fourth-order valence-electron chi connectivity index (χ4n) is 3.08. The van der Waals surface area contributed by atoms with E-state index in [0.717, 1.165) is 11.3 Å². The van der Waals surface area contributed by atoms with Gasteiger partial charge in [0.25, 0.3) is 0 Å². The number of amides is 1. The smallest absolute Gasteiger partial charge is 0.224 e. The number of fused-ring (bicyclic) bond motifs is 1. The summed E-state index contributed by atoms with van der Waals surface area (Å²) in [6.45, 7) is 1.26. The molecule has 1 aliphatic heterocycles. The maximum absolute atomic E-state index is 13.7. The molecule has 5 nitrogen and oxygen atoms in total. The van der Waals surface area contributed by atoms with Gasteiger partial charge in [-0.15, -0.1) is 0 Å². The lowest BCUT2D eigenvalue weighted by Gasteiger charge is -2.33. The molecule has 2 aromatic rings. The molecule has 0 aliphatic carbocycles. The minimum atomic E-state index is -0.736. The van der Waals surface area contributed by atoms with Crippen LogP contribution in [0.3, 0.4) is 0 Å². The van der Waals surface area contributed by atoms with E-state index >= 15 is 0 Å². The van der Waals surface area contributed by atoms with Crippen LogP contribution in [0.15, 0.2) is 48.5 Å². The molecule has 138 valence electrons. The standard InChI is InChI=1S/C20H23FN2O3/c1-22-12-15-11-16(21)7-8-19(15)23(10-9-20(22)25)13-17(24)14-26-18-5-3-2-4-6-18/h2-8,11,17,24H,9-10,12-14H2,1H3. The van der Waals surface area contributed by atoms with Gasteiger partial charge in [0.2, 0.25) is 5.91 Å². The van der Waals surface area contributed by atoms with E-state index in [2.05, 4.69) is 0 Å². The Bertz CT molecular complexity index is 754. The van der Waals surface area contributed by atoms with Gasteiger partial charge in [0.15, 0.2) is 0 Å². The molecular weight excluding hydrogens is 335 g/mol. The number of anilines is 1. The molecule has 6 heteroatoms. The molecule has 0 aromatic heterocycles. The van der Waals surface area contributed by atoms with Crippen LogP contribution in [0.2, 0.25) is 0 Å². The molecule has 0 spiro atoms. The molecule has 1 amide bonds. The fourth-order valence-corrected chi connectivity index (χ4v) is 3.08. The minimum Gasteiger partial charge on any atom is -0.491 e. The van der Waals surface area contributed by atoms with Gasteiger partial charge in [-0.1, -0.05) is 18.2 Å². The van der Waals surface area contributed by atoms with Crippen LogP contribution in [0.25, 0.3) is 0 Å². The Kier molecular flexibility index (Phi) is 5.73. The molecule has 1 unspecified atom stereocenters. The number of aliphatic hydroxyl groups is 1. The number of rotatable bonds is 5. The Morgan fingerprint density at radius 1 is 1.23 bits per heavy atom. The lowest BCUT2D eigenvalue weighted by atomic mass is 10.1. The van der Waals surface area contributed by atoms with Gasteiger partial charge in [-0.25, -0.2) is 4.39 Å². The lowest BCUT2D eigenvalue weighted by Crippen LogP contribution is -2.41. The Labute approximate surface area is 152 Å². The summed E-state index contributed by atoms with van der Waals surface area (Å²) in [7, 11) is 1.72. The summed E-state index contributed by atoms with van der Waals surface area (Å²) in [5.74, 6) is 0.358. The third-order valence-corrected chi connectivity index (χ3v) is 4.43. The van der Waals surface area contributed by atoms with Crippen LogP contribution in [-0.2, 0) is 11.3 Å². The summed E-state index contributed by atoms with van der Waals surface area (Å²) >= 11 is 0. The van der Waals surface area contributed by atoms with Crippen LogP contribution in [0.5, 0.6) is 5.75 Å². The Morgan fingerprint density at radius 2 is 2.00 bits per heavy atom. The predicted molar refractivity (Wildman–Crippen MR) is 97.6 cm³/mol. The normalized spacial score (nSPS) is 15.9. The molecule has 1 aliphatic rings. The van der Waals surface area contributed by atoms with Gasteiger partial charge < -0.3 is 19.6 Å². The summed E-state index contributed by atoms with van der Waals surface area (Å²) in [4.78, 5) is 15.7. The minimum absolute atomic E-state index is 0.0000587. The van der Waals surface area contributed by atoms with E-state index in [0.29, 0.717) is 31.8 Å². The van der Waals surface area contributed by atoms with Crippen molar-refractivity contribution >= 4 is 11.6 Å². The molecule has 1 heterocycles. The summed E-state index contributed by atoms with van der Waals surface area (Å²) in [6.07, 6.45) is -0.389. The predicted octanol–water partition coefficient (Wildman–Crippen LogP) is 2.43. The molecule has 0 fully saturated rings. The number of carbonyl (C=O) groups is 1. The highest BCUT2D eigenvalue weighted by Gasteiger charge is 2.22. The van der Waals surface area contributed by atoms with Crippen LogP contribution in [0, 0.1) is 5.82 Å². The number of nitrogens with zero attached hydrogens (tertiary/aromatic N) is 2. The van der Waals surface area contributed by atoms with E-state index in [9.17, 15) is 14.3 Å². The number of aliphatic hydroxyl groups excluding tert-OH is 1. The number of para-hydroxylation sites is 1. The van der Waals surface area contributed by atoms with Gasteiger partial charge in [0.05, 0.1) is 0 Å². The van der Waals surface area contributed by atoms with Crippen LogP contribution >= 0.6 is 0 Å². The van der Waals surface area contributed by atoms with Gasteiger partial charge in [-0.2, -0.15) is 0 Å². The first-order valence-electron chi connectivity index (χ1n) is 8.66. The first kappa shape index (κ1) is 18.2. The summed E-state index contributed by atoms with van der Waals surface area (Å²) in [5.41, 5.74) is 1.57. The quantitative estimate of drug-likeness (QED) is 0.892. The maximum atomic E-state index is 13.7. The molecule has 1 N–H and O–H groups in total. The second-order valence-corrected chi connectivity index (χ2v) is 6.50. The Hall–Kier alpha value is -2.60. The van der Waals surface area contributed by atoms with Gasteiger partial charge in [0.1, 0.15) is 24.3 Å². The van der Waals surface area contributed by atoms with E-state index < -0.39 is 6.10 Å². The van der Waals surface area contributed by atoms with E-state index in [1.54, 1.807) is 18.0 Å². The number of ether oxygens (including phenoxy) is 1. The molecule has 0 saturated carbocycles. The Balaban J connectivity index is 1.71. The second kappa shape index (κ2) is 8.19. The summed E-state index contributed by atoms with van der Waals surface area (Å²) in [5, 5.41) is 10.4. The topological polar surface area (TPSA) is 53.0 Å². The number of halogens is 1. The van der Waals surface area contributed by atoms with Crippen molar-refractivity contribution in [1.29, 1.82) is 0 Å². The zero-order valence-electron chi connectivity index (χ0n) is 14.8. The highest BCUT2D eigenvalue weighted by atomic mass is 19.1. The van der Waals surface area contributed by atoms with Gasteiger partial charge in [-0.3, -0.25) is 4.79 Å². The molecule has 0 saturated heterocycles. The van der Waals surface area contributed by atoms with Crippen molar-refractivity contribution in [2.24, 2.45) is 0 Å². The molecule has 0 radical (unpaired) electrons. The highest BCUT2D eigenvalue weighted by molar-refractivity contribution is 5.77. The number of hydrogen-bond donors (Lipinski definition) is 1. The summed E-state index contributed by atoms with van der Waals surface area (Å²) in [6, 6.07) is 13.9. The molecule has 0 bridgehead atoms. The number of β-amino-alcohol motifs (C(OH)–C–C–N with tert-alkyl or cyclic N) is 1. The lowest BCUT2D eigenvalue weighted by molar-refractivity contribution is -0.130. The van der Waals surface area contributed by atoms with E-state index in [1.807, 2.05) is 35.2 Å². The zero-order valence-corrected chi connectivity index (χ0v) is 14.8. The third kappa shape index (κ3) is 4.52. The SMILES string of the molecule is CN1Cc2cc(F)ccc2N(CC(O)COc2ccccc2)CCC1=O. The fraction of sp³-hybridized carbons (Fsp3) is 0.350. The van der Waals surface area contributed by atoms with Crippen molar-refractivity contribution in [2.45, 2.75) is 19.1 Å². The van der Waals surface area contributed by atoms with Crippen LogP contribution in [-0.4, -0.2) is 48.8 Å². The third-order valence-electron chi connectivity index (χ3n) is 4.43. The Morgan fingerprint density at radius 3 is 2.77 bits per heavy atom. The van der Waals surface area contributed by atoms with Crippen LogP contribution < -0.4 is 9.64 Å². The average Bonchev–Trinajstić information content (AvgIpc) is 2.63. The van der Waals surface area contributed by atoms with Gasteiger partial charge >= 0.3 is 0 Å².